The van der Waals surface area contributed by atoms with Gasteiger partial charge in [0.25, 0.3) is 0 Å². The molecule has 5 heteroatoms. The first-order valence-corrected chi connectivity index (χ1v) is 7.13. The number of amides is 1. The SMILES string of the molecule is COc1cccc(C(O)CCc2cccnc2NC(C)=O)c1. The Morgan fingerprint density at radius 2 is 2.18 bits per heavy atom. The Kier molecular flexibility index (Phi) is 5.49. The second-order valence-electron chi connectivity index (χ2n) is 5.02. The zero-order valence-corrected chi connectivity index (χ0v) is 12.7. The summed E-state index contributed by atoms with van der Waals surface area (Å²) in [6.07, 6.45) is 2.18. The molecule has 0 aliphatic carbocycles. The lowest BCUT2D eigenvalue weighted by molar-refractivity contribution is -0.114. The number of aryl methyl sites for hydroxylation is 1. The van der Waals surface area contributed by atoms with E-state index in [0.29, 0.717) is 18.7 Å². The summed E-state index contributed by atoms with van der Waals surface area (Å²) in [6, 6.07) is 11.1. The summed E-state index contributed by atoms with van der Waals surface area (Å²) in [4.78, 5) is 15.3. The maximum Gasteiger partial charge on any atom is 0.222 e. The Balaban J connectivity index is 2.04. The molecule has 1 atom stereocenters. The number of ether oxygens (including phenoxy) is 1. The molecule has 0 saturated heterocycles. The summed E-state index contributed by atoms with van der Waals surface area (Å²) in [5, 5.41) is 13.0. The van der Waals surface area contributed by atoms with Crippen LogP contribution < -0.4 is 10.1 Å². The standard InChI is InChI=1S/C17H20N2O3/c1-12(20)19-17-13(6-4-10-18-17)8-9-16(21)14-5-3-7-15(11-14)22-2/h3-7,10-11,16,21H,8-9H2,1-2H3,(H,18,19,20). The van der Waals surface area contributed by atoms with Crippen LogP contribution in [-0.2, 0) is 11.2 Å². The predicted octanol–water partition coefficient (Wildman–Crippen LogP) is 2.71. The first kappa shape index (κ1) is 16.0. The molecule has 2 aromatic rings. The molecule has 116 valence electrons. The Hall–Kier alpha value is -2.40. The van der Waals surface area contributed by atoms with Gasteiger partial charge in [-0.3, -0.25) is 4.79 Å². The Morgan fingerprint density at radius 3 is 2.91 bits per heavy atom. The molecule has 1 amide bonds. The Bertz CT molecular complexity index is 643. The van der Waals surface area contributed by atoms with E-state index in [9.17, 15) is 9.90 Å². The number of rotatable bonds is 6. The van der Waals surface area contributed by atoms with Crippen molar-refractivity contribution in [2.75, 3.05) is 12.4 Å². The van der Waals surface area contributed by atoms with E-state index in [1.165, 1.54) is 6.92 Å². The van der Waals surface area contributed by atoms with Crippen LogP contribution in [0.15, 0.2) is 42.6 Å². The van der Waals surface area contributed by atoms with Gasteiger partial charge in [-0.25, -0.2) is 4.98 Å². The molecule has 0 bridgehead atoms. The molecule has 2 N–H and O–H groups in total. The summed E-state index contributed by atoms with van der Waals surface area (Å²) < 4.78 is 5.16. The van der Waals surface area contributed by atoms with Crippen LogP contribution in [0, 0.1) is 0 Å². The first-order valence-electron chi connectivity index (χ1n) is 7.13. The molecule has 1 heterocycles. The predicted molar refractivity (Wildman–Crippen MR) is 84.8 cm³/mol. The normalized spacial score (nSPS) is 11.8. The number of aliphatic hydroxyl groups is 1. The number of nitrogens with zero attached hydrogens (tertiary/aromatic N) is 1. The summed E-state index contributed by atoms with van der Waals surface area (Å²) in [7, 11) is 1.60. The third-order valence-electron chi connectivity index (χ3n) is 3.35. The van der Waals surface area contributed by atoms with E-state index in [0.717, 1.165) is 16.9 Å². The van der Waals surface area contributed by atoms with Crippen LogP contribution in [0.2, 0.25) is 0 Å². The van der Waals surface area contributed by atoms with Crippen molar-refractivity contribution in [3.63, 3.8) is 0 Å². The maximum absolute atomic E-state index is 11.2. The van der Waals surface area contributed by atoms with Gasteiger partial charge in [0.15, 0.2) is 0 Å². The lowest BCUT2D eigenvalue weighted by Gasteiger charge is -2.13. The summed E-state index contributed by atoms with van der Waals surface area (Å²) in [5.74, 6) is 1.11. The largest absolute Gasteiger partial charge is 0.497 e. The fourth-order valence-electron chi connectivity index (χ4n) is 2.23. The van der Waals surface area contributed by atoms with Gasteiger partial charge in [-0.1, -0.05) is 18.2 Å². The van der Waals surface area contributed by atoms with Crippen molar-refractivity contribution in [2.45, 2.75) is 25.9 Å². The fourth-order valence-corrected chi connectivity index (χ4v) is 2.23. The van der Waals surface area contributed by atoms with Crippen molar-refractivity contribution in [1.29, 1.82) is 0 Å². The van der Waals surface area contributed by atoms with E-state index in [-0.39, 0.29) is 5.91 Å². The first-order chi connectivity index (χ1) is 10.6. The second kappa shape index (κ2) is 7.56. The quantitative estimate of drug-likeness (QED) is 0.860. The number of pyridine rings is 1. The number of methoxy groups -OCH3 is 1. The summed E-state index contributed by atoms with van der Waals surface area (Å²) in [5.41, 5.74) is 1.71. The molecule has 5 nitrogen and oxygen atoms in total. The van der Waals surface area contributed by atoms with Crippen molar-refractivity contribution < 1.29 is 14.6 Å². The van der Waals surface area contributed by atoms with Crippen molar-refractivity contribution in [1.82, 2.24) is 4.98 Å². The Morgan fingerprint density at radius 1 is 1.36 bits per heavy atom. The van der Waals surface area contributed by atoms with Gasteiger partial charge in [0.05, 0.1) is 13.2 Å². The molecule has 0 radical (unpaired) electrons. The van der Waals surface area contributed by atoms with E-state index >= 15 is 0 Å². The third-order valence-corrected chi connectivity index (χ3v) is 3.35. The Labute approximate surface area is 130 Å². The van der Waals surface area contributed by atoms with E-state index in [1.54, 1.807) is 13.3 Å². The topological polar surface area (TPSA) is 71.5 Å². The maximum atomic E-state index is 11.2. The van der Waals surface area contributed by atoms with Crippen LogP contribution >= 0.6 is 0 Å². The number of aromatic nitrogens is 1. The number of carbonyl (C=O) groups excluding carboxylic acids is 1. The molecular weight excluding hydrogens is 280 g/mol. The average molecular weight is 300 g/mol. The smallest absolute Gasteiger partial charge is 0.222 e. The van der Waals surface area contributed by atoms with Gasteiger partial charge in [0.1, 0.15) is 11.6 Å². The molecule has 0 aliphatic rings. The van der Waals surface area contributed by atoms with Gasteiger partial charge >= 0.3 is 0 Å². The number of benzene rings is 1. The minimum Gasteiger partial charge on any atom is -0.497 e. The molecule has 2 rings (SSSR count). The molecule has 1 unspecified atom stereocenters. The minimum absolute atomic E-state index is 0.159. The number of hydrogen-bond donors (Lipinski definition) is 2. The molecule has 0 spiro atoms. The van der Waals surface area contributed by atoms with E-state index in [1.807, 2.05) is 36.4 Å². The molecule has 22 heavy (non-hydrogen) atoms. The molecular formula is C17H20N2O3. The number of hydrogen-bond acceptors (Lipinski definition) is 4. The number of aliphatic hydroxyl groups excluding tert-OH is 1. The third kappa shape index (κ3) is 4.30. The fraction of sp³-hybridized carbons (Fsp3) is 0.294. The highest BCUT2D eigenvalue weighted by molar-refractivity contribution is 5.88. The molecule has 0 saturated carbocycles. The van der Waals surface area contributed by atoms with Crippen LogP contribution in [-0.4, -0.2) is 23.1 Å². The van der Waals surface area contributed by atoms with Gasteiger partial charge < -0.3 is 15.2 Å². The van der Waals surface area contributed by atoms with Crippen LogP contribution in [0.3, 0.4) is 0 Å². The van der Waals surface area contributed by atoms with Gasteiger partial charge in [-0.2, -0.15) is 0 Å². The lowest BCUT2D eigenvalue weighted by Crippen LogP contribution is -2.10. The van der Waals surface area contributed by atoms with Gasteiger partial charge in [0, 0.05) is 13.1 Å². The zero-order chi connectivity index (χ0) is 15.9. The number of anilines is 1. The average Bonchev–Trinajstić information content (AvgIpc) is 2.53. The molecule has 0 aliphatic heterocycles. The van der Waals surface area contributed by atoms with Crippen molar-refractivity contribution >= 4 is 11.7 Å². The second-order valence-corrected chi connectivity index (χ2v) is 5.02. The van der Waals surface area contributed by atoms with Gasteiger partial charge in [0.2, 0.25) is 5.91 Å². The molecule has 1 aromatic heterocycles. The highest BCUT2D eigenvalue weighted by atomic mass is 16.5. The molecule has 1 aromatic carbocycles. The number of carbonyl (C=O) groups is 1. The highest BCUT2D eigenvalue weighted by Crippen LogP contribution is 2.24. The van der Waals surface area contributed by atoms with Gasteiger partial charge in [-0.05, 0) is 42.2 Å². The summed E-state index contributed by atoms with van der Waals surface area (Å²) >= 11 is 0. The van der Waals surface area contributed by atoms with Crippen LogP contribution in [0.1, 0.15) is 30.6 Å². The van der Waals surface area contributed by atoms with Crippen LogP contribution in [0.5, 0.6) is 5.75 Å². The van der Waals surface area contributed by atoms with E-state index in [4.69, 9.17) is 4.74 Å². The summed E-state index contributed by atoms with van der Waals surface area (Å²) in [6.45, 7) is 1.45. The minimum atomic E-state index is -0.597. The van der Waals surface area contributed by atoms with Crippen molar-refractivity contribution in [3.05, 3.63) is 53.7 Å². The lowest BCUT2D eigenvalue weighted by atomic mass is 10.0. The van der Waals surface area contributed by atoms with Crippen molar-refractivity contribution in [2.24, 2.45) is 0 Å². The van der Waals surface area contributed by atoms with Gasteiger partial charge in [-0.15, -0.1) is 0 Å². The highest BCUT2D eigenvalue weighted by Gasteiger charge is 2.11. The van der Waals surface area contributed by atoms with Crippen LogP contribution in [0.4, 0.5) is 5.82 Å². The monoisotopic (exact) mass is 300 g/mol. The molecule has 0 fully saturated rings. The zero-order valence-electron chi connectivity index (χ0n) is 12.7. The van der Waals surface area contributed by atoms with Crippen molar-refractivity contribution in [3.8, 4) is 5.75 Å². The van der Waals surface area contributed by atoms with E-state index in [2.05, 4.69) is 10.3 Å². The van der Waals surface area contributed by atoms with Crippen LogP contribution in [0.25, 0.3) is 0 Å². The van der Waals surface area contributed by atoms with E-state index < -0.39 is 6.10 Å². The number of nitrogens with one attached hydrogen (secondary N) is 1.